The van der Waals surface area contributed by atoms with Gasteiger partial charge in [0.2, 0.25) is 10.0 Å². The molecule has 0 atom stereocenters. The molecular weight excluding hydrogens is 284 g/mol. The van der Waals surface area contributed by atoms with Gasteiger partial charge in [-0.2, -0.15) is 0 Å². The number of aryl methyl sites for hydroxylation is 1. The average Bonchev–Trinajstić information content (AvgIpc) is 2.38. The Kier molecular flexibility index (Phi) is 4.53. The summed E-state index contributed by atoms with van der Waals surface area (Å²) in [5.74, 6) is -0.0557. The lowest BCUT2D eigenvalue weighted by atomic mass is 10.2. The molecule has 0 radical (unpaired) electrons. The quantitative estimate of drug-likeness (QED) is 0.864. The second-order valence-electron chi connectivity index (χ2n) is 5.01. The van der Waals surface area contributed by atoms with Crippen LogP contribution in [0.5, 0.6) is 0 Å². The monoisotopic (exact) mass is 304 g/mol. The van der Waals surface area contributed by atoms with Crippen molar-refractivity contribution < 1.29 is 8.42 Å². The fourth-order valence-electron chi connectivity index (χ4n) is 2.29. The number of nitrogen functional groups attached to an aromatic ring is 1. The third-order valence-electron chi connectivity index (χ3n) is 3.21. The van der Waals surface area contributed by atoms with E-state index in [1.54, 1.807) is 24.3 Å². The van der Waals surface area contributed by atoms with E-state index in [0.717, 1.165) is 5.56 Å². The van der Waals surface area contributed by atoms with Crippen molar-refractivity contribution in [3.8, 4) is 0 Å². The number of nitrogens with two attached hydrogens (primary N) is 1. The topological polar surface area (TPSA) is 63.4 Å². The molecule has 0 aromatic heterocycles. The molecule has 21 heavy (non-hydrogen) atoms. The van der Waals surface area contributed by atoms with E-state index in [2.05, 4.69) is 0 Å². The summed E-state index contributed by atoms with van der Waals surface area (Å²) in [5, 5.41) is 0. The molecule has 0 spiro atoms. The highest BCUT2D eigenvalue weighted by Crippen LogP contribution is 2.22. The summed E-state index contributed by atoms with van der Waals surface area (Å²) in [6.07, 6.45) is 0. The molecule has 0 fully saturated rings. The lowest BCUT2D eigenvalue weighted by molar-refractivity contribution is 0.591. The second-order valence-corrected chi connectivity index (χ2v) is 6.90. The van der Waals surface area contributed by atoms with Crippen molar-refractivity contribution in [2.45, 2.75) is 19.6 Å². The van der Waals surface area contributed by atoms with E-state index in [-0.39, 0.29) is 5.75 Å². The summed E-state index contributed by atoms with van der Waals surface area (Å²) in [6.45, 7) is 4.18. The van der Waals surface area contributed by atoms with E-state index in [1.165, 1.54) is 4.31 Å². The van der Waals surface area contributed by atoms with Gasteiger partial charge >= 0.3 is 0 Å². The number of rotatable bonds is 5. The minimum atomic E-state index is -3.43. The average molecular weight is 304 g/mol. The number of hydrogen-bond acceptors (Lipinski definition) is 3. The van der Waals surface area contributed by atoms with E-state index in [4.69, 9.17) is 5.73 Å². The van der Waals surface area contributed by atoms with Crippen molar-refractivity contribution in [3.05, 3.63) is 59.7 Å². The SMILES string of the molecule is CCN(c1cccc(C)c1)S(=O)(=O)Cc1cccc(N)c1. The summed E-state index contributed by atoms with van der Waals surface area (Å²) < 4.78 is 26.7. The smallest absolute Gasteiger partial charge is 0.239 e. The largest absolute Gasteiger partial charge is 0.399 e. The summed E-state index contributed by atoms with van der Waals surface area (Å²) >= 11 is 0. The van der Waals surface area contributed by atoms with Crippen LogP contribution in [0.3, 0.4) is 0 Å². The molecule has 5 heteroatoms. The molecule has 2 N–H and O–H groups in total. The molecule has 2 aromatic carbocycles. The number of nitrogens with zero attached hydrogens (tertiary/aromatic N) is 1. The van der Waals surface area contributed by atoms with Crippen LogP contribution < -0.4 is 10.0 Å². The van der Waals surface area contributed by atoms with Crippen LogP contribution in [0.25, 0.3) is 0 Å². The lowest BCUT2D eigenvalue weighted by Gasteiger charge is -2.23. The van der Waals surface area contributed by atoms with E-state index < -0.39 is 10.0 Å². The first-order chi connectivity index (χ1) is 9.92. The van der Waals surface area contributed by atoms with Gasteiger partial charge in [0.1, 0.15) is 0 Å². The van der Waals surface area contributed by atoms with Crippen LogP contribution >= 0.6 is 0 Å². The highest BCUT2D eigenvalue weighted by molar-refractivity contribution is 7.92. The summed E-state index contributed by atoms with van der Waals surface area (Å²) in [5.41, 5.74) is 8.70. The maximum Gasteiger partial charge on any atom is 0.239 e. The van der Waals surface area contributed by atoms with E-state index in [9.17, 15) is 8.42 Å². The number of sulfonamides is 1. The Bertz CT molecular complexity index is 727. The van der Waals surface area contributed by atoms with E-state index in [1.807, 2.05) is 38.1 Å². The van der Waals surface area contributed by atoms with Crippen molar-refractivity contribution >= 4 is 21.4 Å². The first-order valence-corrected chi connectivity index (χ1v) is 8.45. The zero-order valence-corrected chi connectivity index (χ0v) is 13.1. The standard InChI is InChI=1S/C16H20N2O2S/c1-3-18(16-9-4-6-13(2)10-16)21(19,20)12-14-7-5-8-15(17)11-14/h4-11H,3,12,17H2,1-2H3. The molecule has 0 saturated heterocycles. The second kappa shape index (κ2) is 6.18. The molecule has 0 heterocycles. The first kappa shape index (κ1) is 15.4. The molecule has 112 valence electrons. The highest BCUT2D eigenvalue weighted by atomic mass is 32.2. The minimum absolute atomic E-state index is 0.0557. The molecule has 0 saturated carbocycles. The third-order valence-corrected chi connectivity index (χ3v) is 5.05. The zero-order valence-electron chi connectivity index (χ0n) is 12.3. The van der Waals surface area contributed by atoms with Crippen LogP contribution in [0, 0.1) is 6.92 Å². The third kappa shape index (κ3) is 3.76. The van der Waals surface area contributed by atoms with Gasteiger partial charge in [0, 0.05) is 12.2 Å². The molecular formula is C16H20N2O2S. The number of anilines is 2. The molecule has 0 unspecified atom stereocenters. The van der Waals surface area contributed by atoms with Crippen LogP contribution in [-0.4, -0.2) is 15.0 Å². The molecule has 0 bridgehead atoms. The van der Waals surface area contributed by atoms with Crippen molar-refractivity contribution in [2.24, 2.45) is 0 Å². The van der Waals surface area contributed by atoms with Crippen LogP contribution in [-0.2, 0) is 15.8 Å². The molecule has 4 nitrogen and oxygen atoms in total. The van der Waals surface area contributed by atoms with Gasteiger partial charge in [-0.15, -0.1) is 0 Å². The van der Waals surface area contributed by atoms with Gasteiger partial charge in [0.05, 0.1) is 11.4 Å². The Morgan fingerprint density at radius 1 is 1.10 bits per heavy atom. The van der Waals surface area contributed by atoms with Gasteiger partial charge in [-0.25, -0.2) is 8.42 Å². The van der Waals surface area contributed by atoms with Gasteiger partial charge in [-0.1, -0.05) is 24.3 Å². The van der Waals surface area contributed by atoms with Gasteiger partial charge in [-0.3, -0.25) is 4.31 Å². The Hall–Kier alpha value is -2.01. The zero-order chi connectivity index (χ0) is 15.5. The summed E-state index contributed by atoms with van der Waals surface area (Å²) in [7, 11) is -3.43. The van der Waals surface area contributed by atoms with Crippen molar-refractivity contribution in [1.82, 2.24) is 0 Å². The Morgan fingerprint density at radius 2 is 1.81 bits per heavy atom. The number of benzene rings is 2. The minimum Gasteiger partial charge on any atom is -0.399 e. The highest BCUT2D eigenvalue weighted by Gasteiger charge is 2.21. The summed E-state index contributed by atoms with van der Waals surface area (Å²) in [4.78, 5) is 0. The molecule has 2 rings (SSSR count). The Labute approximate surface area is 126 Å². The van der Waals surface area contributed by atoms with E-state index in [0.29, 0.717) is 23.5 Å². The van der Waals surface area contributed by atoms with Gasteiger partial charge in [0.15, 0.2) is 0 Å². The maximum absolute atomic E-state index is 12.6. The summed E-state index contributed by atoms with van der Waals surface area (Å²) in [6, 6.07) is 14.5. The Morgan fingerprint density at radius 3 is 2.43 bits per heavy atom. The van der Waals surface area contributed by atoms with Gasteiger partial charge in [-0.05, 0) is 49.2 Å². The van der Waals surface area contributed by atoms with Crippen LogP contribution in [0.4, 0.5) is 11.4 Å². The van der Waals surface area contributed by atoms with Crippen LogP contribution in [0.1, 0.15) is 18.1 Å². The maximum atomic E-state index is 12.6. The molecule has 2 aromatic rings. The fourth-order valence-corrected chi connectivity index (χ4v) is 3.88. The van der Waals surface area contributed by atoms with E-state index >= 15 is 0 Å². The first-order valence-electron chi connectivity index (χ1n) is 6.84. The lowest BCUT2D eigenvalue weighted by Crippen LogP contribution is -2.31. The molecule has 0 aliphatic rings. The normalized spacial score (nSPS) is 11.3. The van der Waals surface area contributed by atoms with Crippen molar-refractivity contribution in [1.29, 1.82) is 0 Å². The fraction of sp³-hybridized carbons (Fsp3) is 0.250. The van der Waals surface area contributed by atoms with Crippen molar-refractivity contribution in [3.63, 3.8) is 0 Å². The predicted molar refractivity (Wildman–Crippen MR) is 87.7 cm³/mol. The Balaban J connectivity index is 2.32. The predicted octanol–water partition coefficient (Wildman–Crippen LogP) is 2.93. The van der Waals surface area contributed by atoms with Crippen LogP contribution in [0.15, 0.2) is 48.5 Å². The van der Waals surface area contributed by atoms with Gasteiger partial charge < -0.3 is 5.73 Å². The molecule has 0 aliphatic carbocycles. The molecule has 0 aliphatic heterocycles. The number of hydrogen-bond donors (Lipinski definition) is 1. The molecule has 0 amide bonds. The van der Waals surface area contributed by atoms with Crippen LogP contribution in [0.2, 0.25) is 0 Å². The van der Waals surface area contributed by atoms with Gasteiger partial charge in [0.25, 0.3) is 0 Å². The van der Waals surface area contributed by atoms with Crippen molar-refractivity contribution in [2.75, 3.05) is 16.6 Å².